The first-order valence-corrected chi connectivity index (χ1v) is 11.5. The van der Waals surface area contributed by atoms with E-state index >= 15 is 0 Å². The van der Waals surface area contributed by atoms with Crippen LogP contribution in [0.1, 0.15) is 12.5 Å². The molecule has 1 atom stereocenters. The van der Waals surface area contributed by atoms with E-state index in [0.717, 1.165) is 17.1 Å². The lowest BCUT2D eigenvalue weighted by Gasteiger charge is -2.41. The van der Waals surface area contributed by atoms with Gasteiger partial charge in [-0.3, -0.25) is 9.59 Å². The number of nitrogens with zero attached hydrogens (tertiary/aromatic N) is 6. The lowest BCUT2D eigenvalue weighted by molar-refractivity contribution is -0.132. The van der Waals surface area contributed by atoms with Crippen LogP contribution in [0.25, 0.3) is 16.1 Å². The van der Waals surface area contributed by atoms with Crippen LogP contribution in [0.2, 0.25) is 0 Å². The predicted molar refractivity (Wildman–Crippen MR) is 125 cm³/mol. The molecule has 0 aliphatic carbocycles. The topological polar surface area (TPSA) is 75.7 Å². The Kier molecular flexibility index (Phi) is 5.26. The number of hydrogen-bond acceptors (Lipinski definition) is 6. The molecule has 1 aliphatic heterocycles. The third-order valence-electron chi connectivity index (χ3n) is 5.86. The highest BCUT2D eigenvalue weighted by Crippen LogP contribution is 2.24. The van der Waals surface area contributed by atoms with Crippen molar-refractivity contribution in [2.24, 2.45) is 0 Å². The third-order valence-corrected chi connectivity index (χ3v) is 6.75. The Bertz CT molecular complexity index is 1330. The van der Waals surface area contributed by atoms with Crippen LogP contribution in [0.5, 0.6) is 0 Å². The van der Waals surface area contributed by atoms with E-state index in [-0.39, 0.29) is 24.1 Å². The molecule has 1 aromatic carbocycles. The zero-order chi connectivity index (χ0) is 22.2. The number of thiophene rings is 1. The van der Waals surface area contributed by atoms with Gasteiger partial charge in [-0.2, -0.15) is 10.2 Å². The first-order valence-electron chi connectivity index (χ1n) is 10.6. The van der Waals surface area contributed by atoms with Gasteiger partial charge in [0, 0.05) is 31.4 Å². The van der Waals surface area contributed by atoms with Gasteiger partial charge in [-0.25, -0.2) is 9.20 Å². The van der Waals surface area contributed by atoms with E-state index in [4.69, 9.17) is 0 Å². The molecule has 0 spiro atoms. The van der Waals surface area contributed by atoms with Crippen LogP contribution in [0.4, 0.5) is 5.69 Å². The monoisotopic (exact) mass is 448 g/mol. The van der Waals surface area contributed by atoms with Crippen molar-refractivity contribution in [2.45, 2.75) is 26.4 Å². The summed E-state index contributed by atoms with van der Waals surface area (Å²) in [6.45, 7) is 6.11. The van der Waals surface area contributed by atoms with E-state index in [0.29, 0.717) is 18.6 Å². The molecule has 0 bridgehead atoms. The van der Waals surface area contributed by atoms with Gasteiger partial charge in [0.1, 0.15) is 24.1 Å². The molecule has 0 unspecified atom stereocenters. The number of amides is 1. The van der Waals surface area contributed by atoms with E-state index in [2.05, 4.69) is 53.2 Å². The van der Waals surface area contributed by atoms with E-state index in [1.165, 1.54) is 26.8 Å². The molecule has 5 rings (SSSR count). The van der Waals surface area contributed by atoms with Crippen molar-refractivity contribution in [3.05, 3.63) is 70.1 Å². The summed E-state index contributed by atoms with van der Waals surface area (Å²) in [7, 11) is 0. The first kappa shape index (κ1) is 20.4. The van der Waals surface area contributed by atoms with Gasteiger partial charge in [-0.1, -0.05) is 18.2 Å². The minimum Gasteiger partial charge on any atom is -0.365 e. The summed E-state index contributed by atoms with van der Waals surface area (Å²) in [5.41, 5.74) is 3.21. The summed E-state index contributed by atoms with van der Waals surface area (Å²) in [6, 6.07) is 14.3. The van der Waals surface area contributed by atoms with Gasteiger partial charge < -0.3 is 9.80 Å². The van der Waals surface area contributed by atoms with E-state index in [1.807, 2.05) is 22.4 Å². The standard InChI is InChI=1S/C23H24N6O2S/c1-16-5-3-6-18(11-16)27-9-8-26(13-17(27)2)22(30)14-28-23(31)20-12-19(21-7-4-10-32-21)25-29(20)15-24-28/h3-7,10-12,15,17H,8-9,13-14H2,1-2H3/t17-/m1/s1. The van der Waals surface area contributed by atoms with Crippen LogP contribution < -0.4 is 10.5 Å². The van der Waals surface area contributed by atoms with Gasteiger partial charge in [0.25, 0.3) is 5.56 Å². The van der Waals surface area contributed by atoms with Gasteiger partial charge in [0.05, 0.1) is 4.88 Å². The van der Waals surface area contributed by atoms with Crippen molar-refractivity contribution in [3.63, 3.8) is 0 Å². The summed E-state index contributed by atoms with van der Waals surface area (Å²) in [4.78, 5) is 31.0. The fourth-order valence-electron chi connectivity index (χ4n) is 4.20. The SMILES string of the molecule is Cc1cccc(N2CCN(C(=O)Cn3ncn4nc(-c5cccs5)cc4c3=O)C[C@H]2C)c1. The molecule has 8 nitrogen and oxygen atoms in total. The molecule has 1 saturated heterocycles. The third kappa shape index (κ3) is 3.80. The second-order valence-corrected chi connectivity index (χ2v) is 9.10. The molecular formula is C23H24N6O2S. The largest absolute Gasteiger partial charge is 0.365 e. The van der Waals surface area contributed by atoms with Gasteiger partial charge in [-0.15, -0.1) is 11.3 Å². The van der Waals surface area contributed by atoms with Crippen molar-refractivity contribution in [2.75, 3.05) is 24.5 Å². The maximum atomic E-state index is 13.0. The van der Waals surface area contributed by atoms with E-state index < -0.39 is 0 Å². The van der Waals surface area contributed by atoms with Gasteiger partial charge in [0.15, 0.2) is 0 Å². The van der Waals surface area contributed by atoms with Crippen LogP contribution in [-0.4, -0.2) is 55.9 Å². The molecule has 1 fully saturated rings. The summed E-state index contributed by atoms with van der Waals surface area (Å²) >= 11 is 1.56. The van der Waals surface area contributed by atoms with Crippen LogP contribution in [0, 0.1) is 6.92 Å². The summed E-state index contributed by atoms with van der Waals surface area (Å²) < 4.78 is 2.70. The minimum atomic E-state index is -0.317. The lowest BCUT2D eigenvalue weighted by Crippen LogP contribution is -2.54. The predicted octanol–water partition coefficient (Wildman–Crippen LogP) is 2.67. The fraction of sp³-hybridized carbons (Fsp3) is 0.304. The molecule has 4 aromatic rings. The van der Waals surface area contributed by atoms with Gasteiger partial charge in [-0.05, 0) is 49.1 Å². The molecule has 4 heterocycles. The first-order chi connectivity index (χ1) is 15.5. The molecular weight excluding hydrogens is 424 g/mol. The summed E-state index contributed by atoms with van der Waals surface area (Å²) in [5, 5.41) is 10.6. The Balaban J connectivity index is 1.31. The van der Waals surface area contributed by atoms with Crippen molar-refractivity contribution in [3.8, 4) is 10.6 Å². The summed E-state index contributed by atoms with van der Waals surface area (Å²) in [5.74, 6) is -0.0994. The number of rotatable bonds is 4. The minimum absolute atomic E-state index is 0.0774. The molecule has 32 heavy (non-hydrogen) atoms. The Labute approximate surface area is 189 Å². The number of anilines is 1. The molecule has 0 radical (unpaired) electrons. The maximum absolute atomic E-state index is 13.0. The van der Waals surface area contributed by atoms with Crippen LogP contribution in [0.15, 0.2) is 59.0 Å². The van der Waals surface area contributed by atoms with Crippen molar-refractivity contribution < 1.29 is 4.79 Å². The van der Waals surface area contributed by atoms with Crippen molar-refractivity contribution in [1.29, 1.82) is 0 Å². The second-order valence-electron chi connectivity index (χ2n) is 8.15. The Morgan fingerprint density at radius 3 is 2.81 bits per heavy atom. The maximum Gasteiger partial charge on any atom is 0.293 e. The number of hydrogen-bond donors (Lipinski definition) is 0. The number of aryl methyl sites for hydroxylation is 1. The highest BCUT2D eigenvalue weighted by molar-refractivity contribution is 7.13. The number of aromatic nitrogens is 4. The zero-order valence-electron chi connectivity index (χ0n) is 18.0. The highest BCUT2D eigenvalue weighted by atomic mass is 32.1. The molecule has 3 aromatic heterocycles. The molecule has 0 saturated carbocycles. The van der Waals surface area contributed by atoms with Crippen molar-refractivity contribution in [1.82, 2.24) is 24.3 Å². The zero-order valence-corrected chi connectivity index (χ0v) is 18.8. The number of fused-ring (bicyclic) bond motifs is 1. The number of piperazine rings is 1. The quantitative estimate of drug-likeness (QED) is 0.480. The van der Waals surface area contributed by atoms with E-state index in [9.17, 15) is 9.59 Å². The number of carbonyl (C=O) groups excluding carboxylic acids is 1. The Hall–Kier alpha value is -3.46. The van der Waals surface area contributed by atoms with E-state index in [1.54, 1.807) is 17.4 Å². The Morgan fingerprint density at radius 2 is 2.06 bits per heavy atom. The summed E-state index contributed by atoms with van der Waals surface area (Å²) in [6.07, 6.45) is 1.49. The van der Waals surface area contributed by atoms with Gasteiger partial charge in [0.2, 0.25) is 5.91 Å². The van der Waals surface area contributed by atoms with Crippen LogP contribution in [0.3, 0.4) is 0 Å². The molecule has 1 aliphatic rings. The molecule has 164 valence electrons. The Morgan fingerprint density at radius 1 is 1.19 bits per heavy atom. The number of carbonyl (C=O) groups is 1. The van der Waals surface area contributed by atoms with Crippen LogP contribution >= 0.6 is 11.3 Å². The average molecular weight is 449 g/mol. The molecule has 1 amide bonds. The van der Waals surface area contributed by atoms with Crippen molar-refractivity contribution >= 4 is 28.4 Å². The van der Waals surface area contributed by atoms with Crippen LogP contribution in [-0.2, 0) is 11.3 Å². The van der Waals surface area contributed by atoms with Gasteiger partial charge >= 0.3 is 0 Å². The second kappa shape index (κ2) is 8.23. The average Bonchev–Trinajstić information content (AvgIpc) is 3.45. The normalized spacial score (nSPS) is 16.6. The molecule has 0 N–H and O–H groups in total. The fourth-order valence-corrected chi connectivity index (χ4v) is 4.88. The smallest absolute Gasteiger partial charge is 0.293 e. The number of benzene rings is 1. The highest BCUT2D eigenvalue weighted by Gasteiger charge is 2.27. The lowest BCUT2D eigenvalue weighted by atomic mass is 10.1. The molecule has 9 heteroatoms.